The molecule has 15 heteroatoms. The van der Waals surface area contributed by atoms with E-state index in [0.29, 0.717) is 29.4 Å². The fourth-order valence-corrected chi connectivity index (χ4v) is 6.24. The zero-order valence-electron chi connectivity index (χ0n) is 30.2. The molecule has 4 heterocycles. The number of nitrogens with zero attached hydrogens (tertiary/aromatic N) is 3. The van der Waals surface area contributed by atoms with Gasteiger partial charge >= 0.3 is 6.09 Å². The van der Waals surface area contributed by atoms with Gasteiger partial charge in [0.15, 0.2) is 5.82 Å². The van der Waals surface area contributed by atoms with Crippen molar-refractivity contribution in [1.29, 1.82) is 0 Å². The van der Waals surface area contributed by atoms with Crippen LogP contribution >= 0.6 is 0 Å². The molecule has 5 atom stereocenters. The van der Waals surface area contributed by atoms with E-state index in [-0.39, 0.29) is 56.4 Å². The molecule has 1 fully saturated rings. The highest BCUT2D eigenvalue weighted by atomic mass is 16.6. The normalized spacial score (nSPS) is 23.1. The molecule has 2 bridgehead atoms. The maximum atomic E-state index is 14.2. The number of hydrogen-bond acceptors (Lipinski definition) is 9. The van der Waals surface area contributed by atoms with E-state index in [0.717, 1.165) is 5.56 Å². The van der Waals surface area contributed by atoms with E-state index in [1.165, 1.54) is 4.68 Å². The van der Waals surface area contributed by atoms with E-state index in [1.54, 1.807) is 31.2 Å². The van der Waals surface area contributed by atoms with Crippen LogP contribution in [0.15, 0.2) is 54.6 Å². The number of ether oxygens (including phenoxy) is 2. The Bertz CT molecular complexity index is 1730. The van der Waals surface area contributed by atoms with Gasteiger partial charge in [-0.1, -0.05) is 70.2 Å². The molecule has 0 radical (unpaired) electrons. The van der Waals surface area contributed by atoms with Gasteiger partial charge in [-0.05, 0) is 48.4 Å². The Balaban J connectivity index is 1.51. The zero-order chi connectivity index (χ0) is 37.4. The van der Waals surface area contributed by atoms with Crippen LogP contribution in [0.2, 0.25) is 0 Å². The molecule has 3 aliphatic rings. The third-order valence-electron chi connectivity index (χ3n) is 8.82. The minimum Gasteiger partial charge on any atom is -0.491 e. The Morgan fingerprint density at radius 3 is 2.29 bits per heavy atom. The lowest BCUT2D eigenvalue weighted by molar-refractivity contribution is -0.132. The lowest BCUT2D eigenvalue weighted by Gasteiger charge is -2.28. The fourth-order valence-electron chi connectivity index (χ4n) is 6.24. The lowest BCUT2D eigenvalue weighted by atomic mass is 10.00. The van der Waals surface area contributed by atoms with E-state index >= 15 is 0 Å². The highest BCUT2D eigenvalue weighted by Gasteiger charge is 2.35. The van der Waals surface area contributed by atoms with Crippen LogP contribution < -0.4 is 31.3 Å². The van der Waals surface area contributed by atoms with Crippen molar-refractivity contribution in [3.8, 4) is 5.75 Å². The largest absolute Gasteiger partial charge is 0.491 e. The summed E-state index contributed by atoms with van der Waals surface area (Å²) in [5.74, 6) is -0.466. The van der Waals surface area contributed by atoms with Crippen LogP contribution in [-0.2, 0) is 43.3 Å². The topological polar surface area (TPSA) is 195 Å². The number of alkyl carbamates (subject to hydrolysis) is 1. The van der Waals surface area contributed by atoms with E-state index in [9.17, 15) is 24.0 Å². The van der Waals surface area contributed by atoms with Crippen molar-refractivity contribution in [2.45, 2.75) is 90.6 Å². The minimum absolute atomic E-state index is 0.0715. The maximum Gasteiger partial charge on any atom is 0.407 e. The molecule has 1 saturated heterocycles. The molecular weight excluding hydrogens is 668 g/mol. The number of carbonyl (C=O) groups is 5. The van der Waals surface area contributed by atoms with Gasteiger partial charge in [0.2, 0.25) is 23.6 Å². The van der Waals surface area contributed by atoms with Gasteiger partial charge in [0.25, 0.3) is 0 Å². The van der Waals surface area contributed by atoms with Crippen molar-refractivity contribution in [1.82, 2.24) is 41.3 Å². The maximum absolute atomic E-state index is 14.2. The summed E-state index contributed by atoms with van der Waals surface area (Å²) in [4.78, 5) is 71.3. The van der Waals surface area contributed by atoms with Crippen LogP contribution in [0.1, 0.15) is 62.9 Å². The van der Waals surface area contributed by atoms with Gasteiger partial charge in [0.05, 0.1) is 12.1 Å². The summed E-state index contributed by atoms with van der Waals surface area (Å²) in [6.45, 7) is 9.60. The highest BCUT2D eigenvalue weighted by Crippen LogP contribution is 2.22. The minimum atomic E-state index is -1.12. The molecule has 2 aromatic carbocycles. The van der Waals surface area contributed by atoms with Gasteiger partial charge in [-0.2, -0.15) is 5.10 Å². The molecule has 5 N–H and O–H groups in total. The molecule has 5 amide bonds. The number of benzene rings is 2. The fraction of sp³-hybridized carbons (Fsp3) is 0.486. The molecule has 3 aliphatic heterocycles. The summed E-state index contributed by atoms with van der Waals surface area (Å²) in [7, 11) is 0. The summed E-state index contributed by atoms with van der Waals surface area (Å²) >= 11 is 0. The van der Waals surface area contributed by atoms with Crippen molar-refractivity contribution >= 4 is 29.7 Å². The number of fused-ring (bicyclic) bond motifs is 14. The number of amides is 5. The first-order valence-electron chi connectivity index (χ1n) is 17.6. The molecule has 3 aromatic rings. The first kappa shape index (κ1) is 37.8. The van der Waals surface area contributed by atoms with Crippen molar-refractivity contribution in [2.24, 2.45) is 11.8 Å². The number of aryl methyl sites for hydroxylation is 1. The van der Waals surface area contributed by atoms with Gasteiger partial charge in [-0.15, -0.1) is 0 Å². The van der Waals surface area contributed by atoms with Gasteiger partial charge in [-0.25, -0.2) is 14.5 Å². The van der Waals surface area contributed by atoms with Crippen LogP contribution in [0.3, 0.4) is 0 Å². The van der Waals surface area contributed by atoms with E-state index in [4.69, 9.17) is 9.47 Å². The van der Waals surface area contributed by atoms with Crippen molar-refractivity contribution in [3.63, 3.8) is 0 Å². The van der Waals surface area contributed by atoms with Gasteiger partial charge in [-0.3, -0.25) is 19.2 Å². The molecule has 52 heavy (non-hydrogen) atoms. The predicted octanol–water partition coefficient (Wildman–Crippen LogP) is 1.89. The summed E-state index contributed by atoms with van der Waals surface area (Å²) < 4.78 is 12.5. The molecule has 1 aromatic heterocycles. The smallest absolute Gasteiger partial charge is 0.407 e. The zero-order valence-corrected chi connectivity index (χ0v) is 30.2. The average molecular weight is 717 g/mol. The SMILES string of the molecule is Cc1nc2n(n1)CC(=O)N[C@@H](CC(C)C)COc1ccc(cc1)C[C@@H](NC(=O)[C@@H]1COC(=O)N1)C(=O)N[C@@H](Cc1ccccc1)C(=O)N[C@H]2C(C)C. The lowest BCUT2D eigenvalue weighted by Crippen LogP contribution is -2.57. The first-order valence-corrected chi connectivity index (χ1v) is 17.6. The molecule has 6 rings (SSSR count). The standard InChI is InChI=1S/C37H48N8O7/c1-21(2)15-26-19-51-27-13-11-25(12-14-27)17-28(41-36(49)30-20-52-37(50)42-30)34(47)40-29(16-24-9-7-6-8-10-24)35(48)43-32(22(3)4)33-38-23(5)44-45(33)18-31(46)39-26/h6-14,21-22,26,28-30,32H,15-20H2,1-5H3,(H,39,46)(H,40,47)(H,41,49)(H,42,50)(H,43,48)/t26-,28+,29-,30-,32-/m0/s1. The number of carbonyl (C=O) groups excluding carboxylic acids is 5. The second kappa shape index (κ2) is 17.2. The number of cyclic esters (lactones) is 1. The summed E-state index contributed by atoms with van der Waals surface area (Å²) in [5.41, 5.74) is 1.51. The number of rotatable bonds is 7. The first-order chi connectivity index (χ1) is 24.8. The molecule has 0 unspecified atom stereocenters. The summed E-state index contributed by atoms with van der Waals surface area (Å²) in [6, 6.07) is 12.2. The van der Waals surface area contributed by atoms with Crippen LogP contribution in [0.4, 0.5) is 4.79 Å². The molecule has 15 nitrogen and oxygen atoms in total. The van der Waals surface area contributed by atoms with Crippen molar-refractivity contribution < 1.29 is 33.4 Å². The van der Waals surface area contributed by atoms with Gasteiger partial charge < -0.3 is 36.1 Å². The Labute approximate surface area is 303 Å². The van der Waals surface area contributed by atoms with Crippen molar-refractivity contribution in [2.75, 3.05) is 13.2 Å². The van der Waals surface area contributed by atoms with Crippen LogP contribution in [-0.4, -0.2) is 81.9 Å². The van der Waals surface area contributed by atoms with Gasteiger partial charge in [0, 0.05) is 12.8 Å². The molecule has 0 aliphatic carbocycles. The average Bonchev–Trinajstić information content (AvgIpc) is 3.69. The monoisotopic (exact) mass is 716 g/mol. The number of hydrogen-bond donors (Lipinski definition) is 5. The third-order valence-corrected chi connectivity index (χ3v) is 8.82. The Kier molecular flexibility index (Phi) is 12.5. The van der Waals surface area contributed by atoms with Crippen LogP contribution in [0, 0.1) is 18.8 Å². The number of nitrogens with one attached hydrogen (secondary N) is 5. The highest BCUT2D eigenvalue weighted by molar-refractivity contribution is 5.94. The van der Waals surface area contributed by atoms with Gasteiger partial charge in [0.1, 0.15) is 49.5 Å². The Hall–Kier alpha value is -5.47. The quantitative estimate of drug-likeness (QED) is 0.243. The van der Waals surface area contributed by atoms with Crippen molar-refractivity contribution in [3.05, 3.63) is 77.4 Å². The molecule has 0 spiro atoms. The molecule has 0 saturated carbocycles. The molecular formula is C37H48N8O7. The molecule has 278 valence electrons. The summed E-state index contributed by atoms with van der Waals surface area (Å²) in [6.07, 6.45) is 0.163. The van der Waals surface area contributed by atoms with E-state index in [2.05, 4.69) is 50.5 Å². The predicted molar refractivity (Wildman–Crippen MR) is 190 cm³/mol. The second-order valence-electron chi connectivity index (χ2n) is 14.1. The number of aromatic nitrogens is 3. The van der Waals surface area contributed by atoms with E-state index in [1.807, 2.05) is 44.2 Å². The van der Waals surface area contributed by atoms with Crippen LogP contribution in [0.5, 0.6) is 5.75 Å². The Morgan fingerprint density at radius 1 is 0.904 bits per heavy atom. The second-order valence-corrected chi connectivity index (χ2v) is 14.1. The summed E-state index contributed by atoms with van der Waals surface area (Å²) in [5, 5.41) is 18.7. The third kappa shape index (κ3) is 10.3. The Morgan fingerprint density at radius 2 is 1.63 bits per heavy atom. The van der Waals surface area contributed by atoms with E-state index < -0.39 is 48.0 Å². The van der Waals surface area contributed by atoms with Crippen LogP contribution in [0.25, 0.3) is 0 Å².